The summed E-state index contributed by atoms with van der Waals surface area (Å²) in [6.45, 7) is 1.96. The van der Waals surface area contributed by atoms with Crippen molar-refractivity contribution in [3.63, 3.8) is 0 Å². The number of phenols is 1. The minimum atomic E-state index is -0.875. The number of benzene rings is 2. The molecule has 0 amide bonds. The molecular formula is C16H17NO3. The van der Waals surface area contributed by atoms with Gasteiger partial charge in [0.15, 0.2) is 0 Å². The molecule has 2 aromatic rings. The van der Waals surface area contributed by atoms with E-state index in [2.05, 4.69) is 0 Å². The van der Waals surface area contributed by atoms with Crippen LogP contribution in [0.25, 0.3) is 0 Å². The fourth-order valence-corrected chi connectivity index (χ4v) is 2.11. The average molecular weight is 271 g/mol. The first kappa shape index (κ1) is 13.9. The van der Waals surface area contributed by atoms with E-state index >= 15 is 0 Å². The number of hydrogen-bond acceptors (Lipinski definition) is 3. The van der Waals surface area contributed by atoms with Gasteiger partial charge in [0.2, 0.25) is 0 Å². The quantitative estimate of drug-likeness (QED) is 0.589. The molecule has 20 heavy (non-hydrogen) atoms. The Labute approximate surface area is 117 Å². The van der Waals surface area contributed by atoms with E-state index < -0.39 is 11.9 Å². The Bertz CT molecular complexity index is 620. The number of aliphatic carboxylic acids is 1. The Morgan fingerprint density at radius 1 is 1.20 bits per heavy atom. The molecular weight excluding hydrogens is 254 g/mol. The van der Waals surface area contributed by atoms with Crippen LogP contribution in [-0.4, -0.2) is 16.2 Å². The molecule has 0 aliphatic heterocycles. The van der Waals surface area contributed by atoms with Gasteiger partial charge in [0, 0.05) is 0 Å². The third-order valence-electron chi connectivity index (χ3n) is 3.31. The largest absolute Gasteiger partial charge is 0.506 e. The smallest absolute Gasteiger partial charge is 0.311 e. The molecule has 4 heteroatoms. The van der Waals surface area contributed by atoms with Crippen LogP contribution in [0.3, 0.4) is 0 Å². The van der Waals surface area contributed by atoms with Crippen molar-refractivity contribution in [2.45, 2.75) is 19.3 Å². The van der Waals surface area contributed by atoms with Crippen molar-refractivity contribution in [2.24, 2.45) is 0 Å². The molecule has 104 valence electrons. The van der Waals surface area contributed by atoms with E-state index in [0.717, 1.165) is 16.7 Å². The van der Waals surface area contributed by atoms with Gasteiger partial charge in [0.1, 0.15) is 5.75 Å². The molecule has 2 rings (SSSR count). The van der Waals surface area contributed by atoms with E-state index in [9.17, 15) is 15.0 Å². The number of aryl methyl sites for hydroxylation is 1. The minimum Gasteiger partial charge on any atom is -0.506 e. The number of aromatic hydroxyl groups is 1. The van der Waals surface area contributed by atoms with Crippen LogP contribution in [0.15, 0.2) is 42.5 Å². The summed E-state index contributed by atoms with van der Waals surface area (Å²) >= 11 is 0. The lowest BCUT2D eigenvalue weighted by Gasteiger charge is -2.14. The van der Waals surface area contributed by atoms with Crippen LogP contribution in [0.1, 0.15) is 22.6 Å². The van der Waals surface area contributed by atoms with Crippen LogP contribution in [-0.2, 0) is 11.2 Å². The van der Waals surface area contributed by atoms with Crippen LogP contribution >= 0.6 is 0 Å². The van der Waals surface area contributed by atoms with Gasteiger partial charge in [0.25, 0.3) is 0 Å². The number of phenolic OH excluding ortho intramolecular Hbond substituents is 1. The summed E-state index contributed by atoms with van der Waals surface area (Å²) in [5.74, 6) is -1.49. The first-order valence-corrected chi connectivity index (χ1v) is 6.34. The van der Waals surface area contributed by atoms with Crippen molar-refractivity contribution in [2.75, 3.05) is 5.73 Å². The second-order valence-electron chi connectivity index (χ2n) is 4.90. The number of nitrogens with two attached hydrogens (primary N) is 1. The van der Waals surface area contributed by atoms with E-state index in [4.69, 9.17) is 5.73 Å². The maximum absolute atomic E-state index is 11.5. The van der Waals surface area contributed by atoms with Crippen molar-refractivity contribution in [1.82, 2.24) is 0 Å². The molecule has 0 saturated heterocycles. The number of hydrogen-bond donors (Lipinski definition) is 3. The number of carboxylic acid groups (broad SMARTS) is 1. The fourth-order valence-electron chi connectivity index (χ4n) is 2.11. The van der Waals surface area contributed by atoms with Gasteiger partial charge in [-0.15, -0.1) is 0 Å². The van der Waals surface area contributed by atoms with E-state index in [1.807, 2.05) is 31.2 Å². The molecule has 0 fully saturated rings. The summed E-state index contributed by atoms with van der Waals surface area (Å²) < 4.78 is 0. The van der Waals surface area contributed by atoms with E-state index in [1.54, 1.807) is 12.1 Å². The zero-order valence-corrected chi connectivity index (χ0v) is 11.2. The normalized spacial score (nSPS) is 12.1. The predicted molar refractivity (Wildman–Crippen MR) is 77.8 cm³/mol. The maximum atomic E-state index is 11.5. The molecule has 0 heterocycles. The van der Waals surface area contributed by atoms with Gasteiger partial charge in [-0.2, -0.15) is 0 Å². The molecule has 1 unspecified atom stereocenters. The van der Waals surface area contributed by atoms with E-state index in [-0.39, 0.29) is 11.4 Å². The molecule has 0 saturated carbocycles. The monoisotopic (exact) mass is 271 g/mol. The number of carboxylic acids is 1. The summed E-state index contributed by atoms with van der Waals surface area (Å²) in [7, 11) is 0. The SMILES string of the molecule is Cc1ccc(C(Cc2ccc(O)c(N)c2)C(=O)O)cc1. The minimum absolute atomic E-state index is 0.0101. The lowest BCUT2D eigenvalue weighted by molar-refractivity contribution is -0.138. The fraction of sp³-hybridized carbons (Fsp3) is 0.188. The van der Waals surface area contributed by atoms with Gasteiger partial charge in [-0.3, -0.25) is 4.79 Å². The lowest BCUT2D eigenvalue weighted by atomic mass is 9.91. The molecule has 0 spiro atoms. The van der Waals surface area contributed by atoms with Crippen LogP contribution in [0, 0.1) is 6.92 Å². The first-order valence-electron chi connectivity index (χ1n) is 6.34. The highest BCUT2D eigenvalue weighted by Crippen LogP contribution is 2.26. The number of carbonyl (C=O) groups is 1. The Kier molecular flexibility index (Phi) is 3.94. The molecule has 0 radical (unpaired) electrons. The number of rotatable bonds is 4. The molecule has 4 N–H and O–H groups in total. The van der Waals surface area contributed by atoms with Gasteiger partial charge in [-0.05, 0) is 36.6 Å². The molecule has 2 aromatic carbocycles. The third kappa shape index (κ3) is 3.09. The molecule has 4 nitrogen and oxygen atoms in total. The highest BCUT2D eigenvalue weighted by Gasteiger charge is 2.20. The second kappa shape index (κ2) is 5.65. The predicted octanol–water partition coefficient (Wildman–Crippen LogP) is 2.69. The Morgan fingerprint density at radius 2 is 1.85 bits per heavy atom. The Balaban J connectivity index is 2.27. The zero-order valence-electron chi connectivity index (χ0n) is 11.2. The van der Waals surface area contributed by atoms with Crippen LogP contribution in [0.2, 0.25) is 0 Å². The Hall–Kier alpha value is -2.49. The number of anilines is 1. The van der Waals surface area contributed by atoms with Gasteiger partial charge < -0.3 is 15.9 Å². The van der Waals surface area contributed by atoms with Crippen LogP contribution < -0.4 is 5.73 Å². The van der Waals surface area contributed by atoms with Crippen LogP contribution in [0.5, 0.6) is 5.75 Å². The summed E-state index contributed by atoms with van der Waals surface area (Å²) in [5.41, 5.74) is 8.53. The van der Waals surface area contributed by atoms with Gasteiger partial charge in [-0.25, -0.2) is 0 Å². The van der Waals surface area contributed by atoms with Gasteiger partial charge >= 0.3 is 5.97 Å². The summed E-state index contributed by atoms with van der Waals surface area (Å²) in [6, 6.07) is 12.2. The van der Waals surface area contributed by atoms with Gasteiger partial charge in [0.05, 0.1) is 11.6 Å². The second-order valence-corrected chi connectivity index (χ2v) is 4.90. The van der Waals surface area contributed by atoms with Crippen molar-refractivity contribution >= 4 is 11.7 Å². The molecule has 0 bridgehead atoms. The van der Waals surface area contributed by atoms with Crippen molar-refractivity contribution in [3.05, 3.63) is 59.2 Å². The summed E-state index contributed by atoms with van der Waals surface area (Å²) in [5, 5.41) is 18.8. The highest BCUT2D eigenvalue weighted by atomic mass is 16.4. The average Bonchev–Trinajstić information content (AvgIpc) is 2.41. The first-order chi connectivity index (χ1) is 9.47. The van der Waals surface area contributed by atoms with Crippen molar-refractivity contribution in [1.29, 1.82) is 0 Å². The standard InChI is InChI=1S/C16H17NO3/c1-10-2-5-12(6-3-10)13(16(19)20)8-11-4-7-15(18)14(17)9-11/h2-7,9,13,18H,8,17H2,1H3,(H,19,20). The molecule has 0 aromatic heterocycles. The van der Waals surface area contributed by atoms with E-state index in [0.29, 0.717) is 6.42 Å². The van der Waals surface area contributed by atoms with Crippen LogP contribution in [0.4, 0.5) is 5.69 Å². The van der Waals surface area contributed by atoms with Crippen molar-refractivity contribution < 1.29 is 15.0 Å². The molecule has 1 atom stereocenters. The lowest BCUT2D eigenvalue weighted by Crippen LogP contribution is -2.14. The third-order valence-corrected chi connectivity index (χ3v) is 3.31. The molecule has 0 aliphatic carbocycles. The highest BCUT2D eigenvalue weighted by molar-refractivity contribution is 5.76. The number of nitrogen functional groups attached to an aromatic ring is 1. The topological polar surface area (TPSA) is 83.5 Å². The van der Waals surface area contributed by atoms with E-state index in [1.165, 1.54) is 6.07 Å². The summed E-state index contributed by atoms with van der Waals surface area (Å²) in [4.78, 5) is 11.5. The zero-order chi connectivity index (χ0) is 14.7. The van der Waals surface area contributed by atoms with Crippen molar-refractivity contribution in [3.8, 4) is 5.75 Å². The Morgan fingerprint density at radius 3 is 2.40 bits per heavy atom. The van der Waals surface area contributed by atoms with Gasteiger partial charge in [-0.1, -0.05) is 35.9 Å². The summed E-state index contributed by atoms with van der Waals surface area (Å²) in [6.07, 6.45) is 0.336. The maximum Gasteiger partial charge on any atom is 0.311 e. The molecule has 0 aliphatic rings.